The van der Waals surface area contributed by atoms with Crippen molar-refractivity contribution in [3.8, 4) is 0 Å². The zero-order valence-electron chi connectivity index (χ0n) is 10.7. The van der Waals surface area contributed by atoms with E-state index in [1.807, 2.05) is 18.7 Å². The standard InChI is InChI=1S/C12H18N2O2S2/c1-8-9(18-11(17)13-8)7-10(15)14-5-3-12(2,16)4-6-14/h16H,3-7H2,1-2H3,(H,13,17). The molecule has 0 bridgehead atoms. The number of rotatable bonds is 2. The number of nitrogens with one attached hydrogen (secondary N) is 1. The summed E-state index contributed by atoms with van der Waals surface area (Å²) >= 11 is 6.53. The van der Waals surface area contributed by atoms with E-state index < -0.39 is 5.60 Å². The summed E-state index contributed by atoms with van der Waals surface area (Å²) in [6, 6.07) is 0. The number of piperidine rings is 1. The summed E-state index contributed by atoms with van der Waals surface area (Å²) in [5, 5.41) is 9.86. The van der Waals surface area contributed by atoms with Crippen molar-refractivity contribution in [1.29, 1.82) is 0 Å². The van der Waals surface area contributed by atoms with Crippen molar-refractivity contribution in [3.05, 3.63) is 14.5 Å². The van der Waals surface area contributed by atoms with E-state index in [-0.39, 0.29) is 5.91 Å². The van der Waals surface area contributed by atoms with Crippen LogP contribution in [0.25, 0.3) is 0 Å². The van der Waals surface area contributed by atoms with Crippen molar-refractivity contribution < 1.29 is 9.90 Å². The third kappa shape index (κ3) is 3.18. The lowest BCUT2D eigenvalue weighted by Gasteiger charge is -2.35. The predicted molar refractivity (Wildman–Crippen MR) is 74.4 cm³/mol. The van der Waals surface area contributed by atoms with E-state index in [1.54, 1.807) is 0 Å². The molecule has 0 spiro atoms. The van der Waals surface area contributed by atoms with Gasteiger partial charge in [-0.2, -0.15) is 0 Å². The molecule has 0 saturated carbocycles. The Morgan fingerprint density at radius 3 is 2.67 bits per heavy atom. The third-order valence-corrected chi connectivity index (χ3v) is 4.77. The molecule has 0 radical (unpaired) electrons. The van der Waals surface area contributed by atoms with Gasteiger partial charge >= 0.3 is 0 Å². The molecule has 4 nitrogen and oxygen atoms in total. The Balaban J connectivity index is 1.97. The minimum absolute atomic E-state index is 0.124. The second-order valence-electron chi connectivity index (χ2n) is 5.12. The molecule has 1 fully saturated rings. The Morgan fingerprint density at radius 1 is 1.56 bits per heavy atom. The van der Waals surface area contributed by atoms with Crippen LogP contribution in [0.15, 0.2) is 0 Å². The van der Waals surface area contributed by atoms with Gasteiger partial charge in [0, 0.05) is 23.7 Å². The van der Waals surface area contributed by atoms with Crippen molar-refractivity contribution in [2.75, 3.05) is 13.1 Å². The highest BCUT2D eigenvalue weighted by molar-refractivity contribution is 7.73. The molecule has 0 unspecified atom stereocenters. The average Bonchev–Trinajstić information content (AvgIpc) is 2.57. The van der Waals surface area contributed by atoms with Crippen LogP contribution in [0.5, 0.6) is 0 Å². The maximum absolute atomic E-state index is 12.1. The predicted octanol–water partition coefficient (Wildman–Crippen LogP) is 2.03. The fourth-order valence-corrected chi connectivity index (χ4v) is 3.37. The number of aliphatic hydroxyl groups is 1. The van der Waals surface area contributed by atoms with Gasteiger partial charge in [0.2, 0.25) is 5.91 Å². The molecule has 2 rings (SSSR count). The Kier molecular flexibility index (Phi) is 3.89. The number of nitrogens with zero attached hydrogens (tertiary/aromatic N) is 1. The second-order valence-corrected chi connectivity index (χ2v) is 6.89. The van der Waals surface area contributed by atoms with Gasteiger partial charge in [0.1, 0.15) is 0 Å². The molecule has 0 aliphatic carbocycles. The van der Waals surface area contributed by atoms with Crippen LogP contribution >= 0.6 is 23.6 Å². The lowest BCUT2D eigenvalue weighted by Crippen LogP contribution is -2.45. The van der Waals surface area contributed by atoms with E-state index in [2.05, 4.69) is 4.98 Å². The van der Waals surface area contributed by atoms with Gasteiger partial charge in [0.05, 0.1) is 12.0 Å². The maximum atomic E-state index is 12.1. The van der Waals surface area contributed by atoms with Crippen LogP contribution in [-0.4, -0.2) is 39.6 Å². The van der Waals surface area contributed by atoms with Crippen LogP contribution in [0.2, 0.25) is 0 Å². The summed E-state index contributed by atoms with van der Waals surface area (Å²) in [5.74, 6) is 0.124. The summed E-state index contributed by atoms with van der Waals surface area (Å²) in [6.07, 6.45) is 1.72. The zero-order valence-corrected chi connectivity index (χ0v) is 12.3. The molecule has 18 heavy (non-hydrogen) atoms. The summed E-state index contributed by atoms with van der Waals surface area (Å²) < 4.78 is 0.719. The van der Waals surface area contributed by atoms with Crippen LogP contribution in [0.4, 0.5) is 0 Å². The average molecular weight is 286 g/mol. The number of thiazole rings is 1. The largest absolute Gasteiger partial charge is 0.390 e. The molecule has 1 aliphatic rings. The summed E-state index contributed by atoms with van der Waals surface area (Å²) in [7, 11) is 0. The van der Waals surface area contributed by atoms with Gasteiger partial charge in [-0.3, -0.25) is 4.79 Å². The summed E-state index contributed by atoms with van der Waals surface area (Å²) in [6.45, 7) is 5.05. The number of aryl methyl sites for hydroxylation is 1. The van der Waals surface area contributed by atoms with E-state index in [9.17, 15) is 9.90 Å². The number of amides is 1. The topological polar surface area (TPSA) is 56.3 Å². The highest BCUT2D eigenvalue weighted by Gasteiger charge is 2.29. The fraction of sp³-hybridized carbons (Fsp3) is 0.667. The Morgan fingerprint density at radius 2 is 2.17 bits per heavy atom. The Hall–Kier alpha value is -0.720. The van der Waals surface area contributed by atoms with Gasteiger partial charge in [-0.25, -0.2) is 0 Å². The van der Waals surface area contributed by atoms with Crippen molar-refractivity contribution in [1.82, 2.24) is 9.88 Å². The summed E-state index contributed by atoms with van der Waals surface area (Å²) in [5.41, 5.74) is 0.374. The van der Waals surface area contributed by atoms with Gasteiger partial charge < -0.3 is 15.0 Å². The Bertz CT molecular complexity index is 494. The molecule has 6 heteroatoms. The molecule has 1 amide bonds. The Labute approximate surface area is 116 Å². The molecular weight excluding hydrogens is 268 g/mol. The molecule has 2 heterocycles. The van der Waals surface area contributed by atoms with Crippen LogP contribution in [0, 0.1) is 10.9 Å². The first-order valence-electron chi connectivity index (χ1n) is 6.06. The number of carbonyl (C=O) groups excluding carboxylic acids is 1. The number of hydrogen-bond donors (Lipinski definition) is 2. The van der Waals surface area contributed by atoms with Crippen molar-refractivity contribution >= 4 is 29.5 Å². The smallest absolute Gasteiger partial charge is 0.227 e. The normalized spacial score (nSPS) is 18.9. The lowest BCUT2D eigenvalue weighted by atomic mass is 9.94. The van der Waals surface area contributed by atoms with Crippen molar-refractivity contribution in [3.63, 3.8) is 0 Å². The van der Waals surface area contributed by atoms with Gasteiger partial charge in [0.25, 0.3) is 0 Å². The first-order valence-corrected chi connectivity index (χ1v) is 7.29. The molecule has 2 N–H and O–H groups in total. The van der Waals surface area contributed by atoms with Crippen molar-refractivity contribution in [2.24, 2.45) is 0 Å². The number of H-pyrrole nitrogens is 1. The van der Waals surface area contributed by atoms with E-state index in [0.29, 0.717) is 32.4 Å². The van der Waals surface area contributed by atoms with Gasteiger partial charge in [-0.1, -0.05) is 0 Å². The maximum Gasteiger partial charge on any atom is 0.227 e. The van der Waals surface area contributed by atoms with Crippen LogP contribution in [0.3, 0.4) is 0 Å². The minimum atomic E-state index is -0.614. The highest BCUT2D eigenvalue weighted by atomic mass is 32.1. The number of carbonyl (C=O) groups is 1. The fourth-order valence-electron chi connectivity index (χ4n) is 2.09. The zero-order chi connectivity index (χ0) is 13.3. The third-order valence-electron chi connectivity index (χ3n) is 3.43. The molecule has 1 aromatic heterocycles. The molecule has 0 atom stereocenters. The molecule has 1 aliphatic heterocycles. The number of aromatic nitrogens is 1. The number of aromatic amines is 1. The minimum Gasteiger partial charge on any atom is -0.390 e. The SMILES string of the molecule is Cc1[nH]c(=S)sc1CC(=O)N1CCC(C)(O)CC1. The molecule has 1 saturated heterocycles. The van der Waals surface area contributed by atoms with Crippen LogP contribution in [0.1, 0.15) is 30.3 Å². The molecule has 100 valence electrons. The quantitative estimate of drug-likeness (QED) is 0.818. The van der Waals surface area contributed by atoms with Crippen LogP contribution < -0.4 is 0 Å². The van der Waals surface area contributed by atoms with E-state index in [4.69, 9.17) is 12.2 Å². The monoisotopic (exact) mass is 286 g/mol. The first-order chi connectivity index (χ1) is 8.37. The number of likely N-dealkylation sites (tertiary alicyclic amines) is 1. The molecule has 0 aromatic carbocycles. The highest BCUT2D eigenvalue weighted by Crippen LogP contribution is 2.22. The van der Waals surface area contributed by atoms with Crippen molar-refractivity contribution in [2.45, 2.75) is 38.7 Å². The first kappa shape index (κ1) is 13.7. The second kappa shape index (κ2) is 5.11. The van der Waals surface area contributed by atoms with E-state index in [0.717, 1.165) is 14.5 Å². The van der Waals surface area contributed by atoms with Crippen LogP contribution in [-0.2, 0) is 11.2 Å². The molecular formula is C12H18N2O2S2. The van der Waals surface area contributed by atoms with E-state index in [1.165, 1.54) is 11.3 Å². The van der Waals surface area contributed by atoms with Gasteiger partial charge in [-0.15, -0.1) is 11.3 Å². The van der Waals surface area contributed by atoms with Gasteiger partial charge in [0.15, 0.2) is 3.95 Å². The summed E-state index contributed by atoms with van der Waals surface area (Å²) in [4.78, 5) is 18.0. The lowest BCUT2D eigenvalue weighted by molar-refractivity contribution is -0.134. The van der Waals surface area contributed by atoms with E-state index >= 15 is 0 Å². The molecule has 1 aromatic rings. The van der Waals surface area contributed by atoms with Gasteiger partial charge in [-0.05, 0) is 38.9 Å². The number of hydrogen-bond acceptors (Lipinski definition) is 4.